The molecule has 1 heterocycles. The van der Waals surface area contributed by atoms with Crippen molar-refractivity contribution in [2.45, 2.75) is 31.2 Å². The first-order valence-electron chi connectivity index (χ1n) is 9.17. The van der Waals surface area contributed by atoms with Crippen molar-refractivity contribution >= 4 is 39.2 Å². The Hall–Kier alpha value is -2.25. The molecule has 0 saturated heterocycles. The molecule has 3 aromatic rings. The molecule has 0 saturated carbocycles. The lowest BCUT2D eigenvalue weighted by Crippen LogP contribution is -2.16. The van der Waals surface area contributed by atoms with Crippen LogP contribution in [-0.4, -0.2) is 30.4 Å². The van der Waals surface area contributed by atoms with Crippen molar-refractivity contribution in [2.24, 2.45) is 4.99 Å². The van der Waals surface area contributed by atoms with Gasteiger partial charge in [0.2, 0.25) is 5.91 Å². The summed E-state index contributed by atoms with van der Waals surface area (Å²) in [5.41, 5.74) is 0.999. The van der Waals surface area contributed by atoms with Crippen molar-refractivity contribution in [1.82, 2.24) is 4.57 Å². The number of carbonyl (C=O) groups is 1. The first kappa shape index (κ1) is 20.5. The number of thiazole rings is 1. The second-order valence-electron chi connectivity index (χ2n) is 6.07. The smallest absolute Gasteiger partial charge is 0.248 e. The van der Waals surface area contributed by atoms with Crippen LogP contribution in [-0.2, 0) is 11.3 Å². The zero-order chi connectivity index (χ0) is 19.9. The van der Waals surface area contributed by atoms with Gasteiger partial charge >= 0.3 is 0 Å². The molecule has 5 nitrogen and oxygen atoms in total. The van der Waals surface area contributed by atoms with E-state index in [1.54, 1.807) is 26.0 Å². The summed E-state index contributed by atoms with van der Waals surface area (Å²) in [7, 11) is 3.32. The molecule has 0 unspecified atom stereocenters. The predicted molar refractivity (Wildman–Crippen MR) is 116 cm³/mol. The largest absolute Gasteiger partial charge is 0.497 e. The molecule has 2 aromatic carbocycles. The number of ether oxygens (including phenoxy) is 2. The second kappa shape index (κ2) is 9.80. The number of methoxy groups -OCH3 is 2. The average Bonchev–Trinajstić information content (AvgIpc) is 3.08. The van der Waals surface area contributed by atoms with Crippen molar-refractivity contribution < 1.29 is 14.3 Å². The average molecular weight is 417 g/mol. The van der Waals surface area contributed by atoms with Crippen LogP contribution in [0.1, 0.15) is 19.8 Å². The van der Waals surface area contributed by atoms with E-state index in [-0.39, 0.29) is 5.91 Å². The summed E-state index contributed by atoms with van der Waals surface area (Å²) in [6.07, 6.45) is 1.23. The summed E-state index contributed by atoms with van der Waals surface area (Å²) in [5, 5.41) is 0. The zero-order valence-corrected chi connectivity index (χ0v) is 17.9. The molecule has 0 aliphatic heterocycles. The lowest BCUT2D eigenvalue weighted by Gasteiger charge is -2.05. The number of para-hydroxylation sites is 1. The summed E-state index contributed by atoms with van der Waals surface area (Å²) in [4.78, 5) is 18.7. The van der Waals surface area contributed by atoms with Crippen LogP contribution in [0.2, 0.25) is 0 Å². The van der Waals surface area contributed by atoms with Gasteiger partial charge in [-0.25, -0.2) is 0 Å². The van der Waals surface area contributed by atoms with Gasteiger partial charge in [-0.2, -0.15) is 4.99 Å². The molecule has 0 fully saturated rings. The monoisotopic (exact) mass is 416 g/mol. The maximum Gasteiger partial charge on any atom is 0.248 e. The molecule has 28 heavy (non-hydrogen) atoms. The van der Waals surface area contributed by atoms with E-state index in [0.29, 0.717) is 6.42 Å². The number of carbonyl (C=O) groups excluding carboxylic acids is 1. The number of benzene rings is 2. The van der Waals surface area contributed by atoms with E-state index in [9.17, 15) is 4.79 Å². The first-order valence-corrected chi connectivity index (χ1v) is 11.0. The molecule has 3 rings (SSSR count). The van der Waals surface area contributed by atoms with Gasteiger partial charge in [0.15, 0.2) is 4.80 Å². The van der Waals surface area contributed by atoms with Crippen LogP contribution >= 0.6 is 23.1 Å². The summed E-state index contributed by atoms with van der Waals surface area (Å²) in [6, 6.07) is 13.9. The lowest BCUT2D eigenvalue weighted by molar-refractivity contribution is -0.118. The van der Waals surface area contributed by atoms with Gasteiger partial charge in [-0.3, -0.25) is 4.79 Å². The minimum absolute atomic E-state index is 0.0805. The normalized spacial score (nSPS) is 11.8. The number of hydrogen-bond acceptors (Lipinski definition) is 5. The van der Waals surface area contributed by atoms with Crippen LogP contribution < -0.4 is 14.3 Å². The summed E-state index contributed by atoms with van der Waals surface area (Å²) in [6.45, 7) is 2.79. The van der Waals surface area contributed by atoms with Crippen molar-refractivity contribution in [1.29, 1.82) is 0 Å². The molecule has 1 aromatic heterocycles. The van der Waals surface area contributed by atoms with E-state index in [0.717, 1.165) is 45.2 Å². The van der Waals surface area contributed by atoms with Gasteiger partial charge in [0.1, 0.15) is 17.0 Å². The zero-order valence-electron chi connectivity index (χ0n) is 16.3. The highest BCUT2D eigenvalue weighted by atomic mass is 32.2. The molecular formula is C21H24N2O3S2. The number of thioether (sulfide) groups is 1. The van der Waals surface area contributed by atoms with E-state index in [2.05, 4.69) is 4.99 Å². The molecule has 1 amide bonds. The molecule has 0 spiro atoms. The molecule has 0 bridgehead atoms. The van der Waals surface area contributed by atoms with Gasteiger partial charge in [0, 0.05) is 17.9 Å². The Kier molecular flexibility index (Phi) is 7.17. The molecular weight excluding hydrogens is 392 g/mol. The molecule has 0 radical (unpaired) electrons. The Morgan fingerprint density at radius 2 is 1.93 bits per heavy atom. The number of rotatable bonds is 8. The highest BCUT2D eigenvalue weighted by molar-refractivity contribution is 7.99. The summed E-state index contributed by atoms with van der Waals surface area (Å²) >= 11 is 3.26. The van der Waals surface area contributed by atoms with Gasteiger partial charge in [-0.05, 0) is 55.5 Å². The Balaban J connectivity index is 1.64. The van der Waals surface area contributed by atoms with Gasteiger partial charge in [-0.1, -0.05) is 17.4 Å². The third kappa shape index (κ3) is 4.77. The van der Waals surface area contributed by atoms with Gasteiger partial charge in [-0.15, -0.1) is 11.8 Å². The topological polar surface area (TPSA) is 52.8 Å². The van der Waals surface area contributed by atoms with Crippen LogP contribution in [0.4, 0.5) is 0 Å². The van der Waals surface area contributed by atoms with Crippen molar-refractivity contribution in [3.8, 4) is 11.5 Å². The van der Waals surface area contributed by atoms with Crippen LogP contribution in [0, 0.1) is 0 Å². The Bertz CT molecular complexity index is 1010. The minimum atomic E-state index is -0.0805. The lowest BCUT2D eigenvalue weighted by atomic mass is 10.3. The Labute approximate surface area is 173 Å². The van der Waals surface area contributed by atoms with E-state index >= 15 is 0 Å². The van der Waals surface area contributed by atoms with Crippen LogP contribution in [0.15, 0.2) is 52.4 Å². The number of nitrogens with zero attached hydrogens (tertiary/aromatic N) is 2. The number of amides is 1. The Morgan fingerprint density at radius 1 is 1.14 bits per heavy atom. The second-order valence-corrected chi connectivity index (χ2v) is 8.25. The maximum atomic E-state index is 12.4. The fraction of sp³-hybridized carbons (Fsp3) is 0.333. The minimum Gasteiger partial charge on any atom is -0.497 e. The number of hydrogen-bond donors (Lipinski definition) is 0. The third-order valence-corrected chi connectivity index (χ3v) is 6.43. The van der Waals surface area contributed by atoms with Gasteiger partial charge in [0.25, 0.3) is 0 Å². The molecule has 148 valence electrons. The standard InChI is InChI=1S/C21H24N2O3S2/c1-4-23-20-17(26-3)7-5-8-18(20)28-21(23)22-19(24)9-6-14-27-16-12-10-15(25-2)11-13-16/h5,7-8,10-13H,4,6,9,14H2,1-3H3. The van der Waals surface area contributed by atoms with Gasteiger partial charge < -0.3 is 14.0 Å². The van der Waals surface area contributed by atoms with Crippen LogP contribution in [0.3, 0.4) is 0 Å². The Morgan fingerprint density at radius 3 is 2.61 bits per heavy atom. The molecule has 7 heteroatoms. The highest BCUT2D eigenvalue weighted by Crippen LogP contribution is 2.27. The molecule has 0 N–H and O–H groups in total. The number of aromatic nitrogens is 1. The summed E-state index contributed by atoms with van der Waals surface area (Å²) in [5.74, 6) is 2.45. The van der Waals surface area contributed by atoms with Crippen molar-refractivity contribution in [3.05, 3.63) is 47.3 Å². The van der Waals surface area contributed by atoms with Crippen molar-refractivity contribution in [2.75, 3.05) is 20.0 Å². The predicted octanol–water partition coefficient (Wildman–Crippen LogP) is 4.74. The fourth-order valence-electron chi connectivity index (χ4n) is 2.89. The van der Waals surface area contributed by atoms with E-state index < -0.39 is 0 Å². The number of fused-ring (bicyclic) bond motifs is 1. The van der Waals surface area contributed by atoms with Crippen molar-refractivity contribution in [3.63, 3.8) is 0 Å². The van der Waals surface area contributed by atoms with Crippen LogP contribution in [0.5, 0.6) is 11.5 Å². The van der Waals surface area contributed by atoms with E-state index in [1.807, 2.05) is 54.0 Å². The molecule has 0 aliphatic rings. The van der Waals surface area contributed by atoms with E-state index in [1.165, 1.54) is 16.2 Å². The SMILES string of the molecule is CCn1c(=NC(=O)CCCSc2ccc(OC)cc2)sc2cccc(OC)c21. The number of aryl methyl sites for hydroxylation is 1. The third-order valence-electron chi connectivity index (χ3n) is 4.28. The quantitative estimate of drug-likeness (QED) is 0.393. The van der Waals surface area contributed by atoms with Crippen LogP contribution in [0.25, 0.3) is 10.2 Å². The maximum absolute atomic E-state index is 12.4. The van der Waals surface area contributed by atoms with Gasteiger partial charge in [0.05, 0.1) is 18.9 Å². The fourth-order valence-corrected chi connectivity index (χ4v) is 4.87. The highest BCUT2D eigenvalue weighted by Gasteiger charge is 2.11. The molecule has 0 atom stereocenters. The first-order chi connectivity index (χ1) is 13.7. The summed E-state index contributed by atoms with van der Waals surface area (Å²) < 4.78 is 13.8. The van der Waals surface area contributed by atoms with E-state index in [4.69, 9.17) is 9.47 Å². The molecule has 0 aliphatic carbocycles.